The Bertz CT molecular complexity index is 413. The van der Waals surface area contributed by atoms with Crippen molar-refractivity contribution >= 4 is 11.6 Å². The molecule has 1 aromatic carbocycles. The van der Waals surface area contributed by atoms with E-state index in [0.717, 1.165) is 26.1 Å². The van der Waals surface area contributed by atoms with Gasteiger partial charge in [0.05, 0.1) is 5.41 Å². The highest BCUT2D eigenvalue weighted by molar-refractivity contribution is 5.82. The van der Waals surface area contributed by atoms with Crippen LogP contribution in [-0.2, 0) is 4.79 Å². The van der Waals surface area contributed by atoms with Gasteiger partial charge in [0.25, 0.3) is 0 Å². The number of para-hydroxylation sites is 1. The molecule has 2 rings (SSSR count). The summed E-state index contributed by atoms with van der Waals surface area (Å²) >= 11 is 0. The van der Waals surface area contributed by atoms with Crippen LogP contribution in [0.4, 0.5) is 5.69 Å². The highest BCUT2D eigenvalue weighted by atomic mass is 16.2. The van der Waals surface area contributed by atoms with Crippen molar-refractivity contribution in [2.75, 3.05) is 38.1 Å². The zero-order valence-electron chi connectivity index (χ0n) is 11.8. The van der Waals surface area contributed by atoms with Crippen LogP contribution in [0.15, 0.2) is 30.3 Å². The zero-order chi connectivity index (χ0) is 13.7. The van der Waals surface area contributed by atoms with Gasteiger partial charge >= 0.3 is 0 Å². The largest absolute Gasteiger partial charge is 0.373 e. The fourth-order valence-electron chi connectivity index (χ4n) is 2.37. The average Bonchev–Trinajstić information content (AvgIpc) is 2.88. The van der Waals surface area contributed by atoms with Crippen LogP contribution in [0.2, 0.25) is 0 Å². The van der Waals surface area contributed by atoms with Gasteiger partial charge in [0.1, 0.15) is 0 Å². The number of rotatable bonds is 5. The molecule has 0 bridgehead atoms. The van der Waals surface area contributed by atoms with Crippen molar-refractivity contribution in [1.82, 2.24) is 10.6 Å². The number of benzene rings is 1. The topological polar surface area (TPSA) is 44.4 Å². The van der Waals surface area contributed by atoms with Crippen molar-refractivity contribution in [1.29, 1.82) is 0 Å². The third-order valence-electron chi connectivity index (χ3n) is 3.85. The van der Waals surface area contributed by atoms with Gasteiger partial charge in [-0.15, -0.1) is 0 Å². The van der Waals surface area contributed by atoms with Crippen molar-refractivity contribution in [3.63, 3.8) is 0 Å². The van der Waals surface area contributed by atoms with E-state index in [4.69, 9.17) is 0 Å². The standard InChI is InChI=1S/C15H23N3O/c1-15(8-9-16-12-15)14(19)17-10-11-18(2)13-6-4-3-5-7-13/h3-7,16H,8-12H2,1-2H3,(H,17,19). The van der Waals surface area contributed by atoms with Gasteiger partial charge in [0, 0.05) is 32.4 Å². The molecule has 2 N–H and O–H groups in total. The fourth-order valence-corrected chi connectivity index (χ4v) is 2.37. The van der Waals surface area contributed by atoms with Crippen LogP contribution >= 0.6 is 0 Å². The Labute approximate surface area is 115 Å². The van der Waals surface area contributed by atoms with Gasteiger partial charge in [-0.2, -0.15) is 0 Å². The molecule has 1 aromatic rings. The minimum Gasteiger partial charge on any atom is -0.373 e. The summed E-state index contributed by atoms with van der Waals surface area (Å²) in [7, 11) is 2.04. The quantitative estimate of drug-likeness (QED) is 0.838. The van der Waals surface area contributed by atoms with E-state index in [1.54, 1.807) is 0 Å². The first-order chi connectivity index (χ1) is 9.12. The molecule has 1 heterocycles. The highest BCUT2D eigenvalue weighted by Crippen LogP contribution is 2.24. The lowest BCUT2D eigenvalue weighted by Gasteiger charge is -2.24. The molecule has 1 aliphatic rings. The molecular weight excluding hydrogens is 238 g/mol. The molecule has 0 aliphatic carbocycles. The van der Waals surface area contributed by atoms with Gasteiger partial charge in [-0.25, -0.2) is 0 Å². The van der Waals surface area contributed by atoms with Crippen LogP contribution in [0.5, 0.6) is 0 Å². The third kappa shape index (κ3) is 3.47. The molecule has 1 saturated heterocycles. The van der Waals surface area contributed by atoms with Crippen LogP contribution in [0.1, 0.15) is 13.3 Å². The van der Waals surface area contributed by atoms with Crippen LogP contribution in [0.25, 0.3) is 0 Å². The number of likely N-dealkylation sites (N-methyl/N-ethyl adjacent to an activating group) is 1. The lowest BCUT2D eigenvalue weighted by Crippen LogP contribution is -2.43. The van der Waals surface area contributed by atoms with Gasteiger partial charge in [0.15, 0.2) is 0 Å². The highest BCUT2D eigenvalue weighted by Gasteiger charge is 2.35. The maximum absolute atomic E-state index is 12.1. The van der Waals surface area contributed by atoms with Crippen molar-refractivity contribution in [2.45, 2.75) is 13.3 Å². The summed E-state index contributed by atoms with van der Waals surface area (Å²) in [6, 6.07) is 10.2. The van der Waals surface area contributed by atoms with Gasteiger partial charge in [-0.1, -0.05) is 18.2 Å². The lowest BCUT2D eigenvalue weighted by molar-refractivity contribution is -0.129. The fraction of sp³-hybridized carbons (Fsp3) is 0.533. The van der Waals surface area contributed by atoms with Gasteiger partial charge in [-0.05, 0) is 32.0 Å². The molecule has 4 nitrogen and oxygen atoms in total. The second-order valence-electron chi connectivity index (χ2n) is 5.50. The van der Waals surface area contributed by atoms with Crippen molar-refractivity contribution in [3.8, 4) is 0 Å². The first-order valence-electron chi connectivity index (χ1n) is 6.87. The van der Waals surface area contributed by atoms with Gasteiger partial charge < -0.3 is 15.5 Å². The molecule has 1 atom stereocenters. The van der Waals surface area contributed by atoms with E-state index in [1.165, 1.54) is 5.69 Å². The lowest BCUT2D eigenvalue weighted by atomic mass is 9.89. The number of amides is 1. The number of anilines is 1. The molecule has 1 unspecified atom stereocenters. The SMILES string of the molecule is CN(CCNC(=O)C1(C)CCNC1)c1ccccc1. The Kier molecular flexibility index (Phi) is 4.43. The second kappa shape index (κ2) is 6.06. The summed E-state index contributed by atoms with van der Waals surface area (Å²) in [5, 5.41) is 6.29. The van der Waals surface area contributed by atoms with Crippen molar-refractivity contribution in [2.24, 2.45) is 5.41 Å². The minimum absolute atomic E-state index is 0.166. The first-order valence-corrected chi connectivity index (χ1v) is 6.87. The normalized spacial score (nSPS) is 22.2. The second-order valence-corrected chi connectivity index (χ2v) is 5.50. The molecule has 19 heavy (non-hydrogen) atoms. The minimum atomic E-state index is -0.231. The molecule has 0 spiro atoms. The number of carbonyl (C=O) groups is 1. The molecule has 0 radical (unpaired) electrons. The smallest absolute Gasteiger partial charge is 0.227 e. The Balaban J connectivity index is 1.76. The van der Waals surface area contributed by atoms with E-state index in [0.29, 0.717) is 6.54 Å². The molecule has 104 valence electrons. The summed E-state index contributed by atoms with van der Waals surface area (Å²) < 4.78 is 0. The zero-order valence-corrected chi connectivity index (χ0v) is 11.8. The van der Waals surface area contributed by atoms with Crippen LogP contribution in [-0.4, -0.2) is 39.1 Å². The van der Waals surface area contributed by atoms with E-state index < -0.39 is 0 Å². The Hall–Kier alpha value is -1.55. The van der Waals surface area contributed by atoms with E-state index in [9.17, 15) is 4.79 Å². The molecular formula is C15H23N3O. The molecule has 1 fully saturated rings. The summed E-state index contributed by atoms with van der Waals surface area (Å²) in [5.41, 5.74) is 0.941. The predicted molar refractivity (Wildman–Crippen MR) is 78.3 cm³/mol. The molecule has 4 heteroatoms. The maximum Gasteiger partial charge on any atom is 0.227 e. The summed E-state index contributed by atoms with van der Waals surface area (Å²) in [4.78, 5) is 14.3. The average molecular weight is 261 g/mol. The summed E-state index contributed by atoms with van der Waals surface area (Å²) in [6.07, 6.45) is 0.924. The number of hydrogen-bond donors (Lipinski definition) is 2. The van der Waals surface area contributed by atoms with Crippen LogP contribution in [0.3, 0.4) is 0 Å². The maximum atomic E-state index is 12.1. The van der Waals surface area contributed by atoms with Crippen LogP contribution < -0.4 is 15.5 Å². The van der Waals surface area contributed by atoms with E-state index >= 15 is 0 Å². The van der Waals surface area contributed by atoms with E-state index in [-0.39, 0.29) is 11.3 Å². The number of carbonyl (C=O) groups excluding carboxylic acids is 1. The first kappa shape index (κ1) is 13.9. The summed E-state index contributed by atoms with van der Waals surface area (Å²) in [5.74, 6) is 0.166. The Morgan fingerprint density at radius 2 is 2.16 bits per heavy atom. The van der Waals surface area contributed by atoms with Gasteiger partial charge in [0.2, 0.25) is 5.91 Å². The number of hydrogen-bond acceptors (Lipinski definition) is 3. The van der Waals surface area contributed by atoms with E-state index in [1.807, 2.05) is 32.2 Å². The third-order valence-corrected chi connectivity index (χ3v) is 3.85. The summed E-state index contributed by atoms with van der Waals surface area (Å²) in [6.45, 7) is 5.25. The Morgan fingerprint density at radius 1 is 1.42 bits per heavy atom. The van der Waals surface area contributed by atoms with Gasteiger partial charge in [-0.3, -0.25) is 4.79 Å². The van der Waals surface area contributed by atoms with Crippen molar-refractivity contribution < 1.29 is 4.79 Å². The Morgan fingerprint density at radius 3 is 2.79 bits per heavy atom. The molecule has 1 amide bonds. The van der Waals surface area contributed by atoms with Crippen LogP contribution in [0, 0.1) is 5.41 Å². The monoisotopic (exact) mass is 261 g/mol. The number of nitrogens with one attached hydrogen (secondary N) is 2. The predicted octanol–water partition coefficient (Wildman–Crippen LogP) is 1.24. The molecule has 1 aliphatic heterocycles. The van der Waals surface area contributed by atoms with E-state index in [2.05, 4.69) is 27.7 Å². The van der Waals surface area contributed by atoms with Crippen molar-refractivity contribution in [3.05, 3.63) is 30.3 Å². The molecule has 0 aromatic heterocycles. The number of nitrogens with zero attached hydrogens (tertiary/aromatic N) is 1. The molecule has 0 saturated carbocycles.